The lowest BCUT2D eigenvalue weighted by Crippen LogP contribution is -2.68. The van der Waals surface area contributed by atoms with Crippen molar-refractivity contribution in [3.8, 4) is 0 Å². The molecule has 7 heteroatoms. The number of ether oxygens (including phenoxy) is 4. The summed E-state index contributed by atoms with van der Waals surface area (Å²) in [6.45, 7) is 10.3. The smallest absolute Gasteiger partial charge is 0.261 e. The summed E-state index contributed by atoms with van der Waals surface area (Å²) in [7, 11) is -1.24. The predicted octanol–water partition coefficient (Wildman–Crippen LogP) is 2.82. The first-order chi connectivity index (χ1) is 15.6. The second-order valence-electron chi connectivity index (χ2n) is 10.4. The van der Waals surface area contributed by atoms with Crippen LogP contribution in [0.15, 0.2) is 60.7 Å². The summed E-state index contributed by atoms with van der Waals surface area (Å²) in [6.07, 6.45) is -1.60. The first-order valence-electron chi connectivity index (χ1n) is 11.5. The van der Waals surface area contributed by atoms with Gasteiger partial charge in [-0.1, -0.05) is 81.4 Å². The van der Waals surface area contributed by atoms with Crippen molar-refractivity contribution < 1.29 is 28.5 Å². The quantitative estimate of drug-likeness (QED) is 0.625. The summed E-state index contributed by atoms with van der Waals surface area (Å²) in [5.41, 5.74) is -1.10. The third-order valence-corrected chi connectivity index (χ3v) is 11.7. The standard InChI is InChI=1S/C26H36O6Si/c1-24(2,3)33(19-13-9-7-10-14-19,20-15-11-8-12-16-20)29-18-26(17-27)22-21(23(28-6)32-26)30-25(4,5)31-22/h7-16,21-23,27H,17-18H2,1-6H3/t21-,22?,23+,26+/m0/s1. The van der Waals surface area contributed by atoms with Crippen molar-refractivity contribution in [2.24, 2.45) is 0 Å². The van der Waals surface area contributed by atoms with E-state index in [-0.39, 0.29) is 18.3 Å². The molecule has 0 aliphatic carbocycles. The Morgan fingerprint density at radius 3 is 1.91 bits per heavy atom. The van der Waals surface area contributed by atoms with Gasteiger partial charge in [0.2, 0.25) is 0 Å². The van der Waals surface area contributed by atoms with Gasteiger partial charge < -0.3 is 28.5 Å². The number of benzene rings is 2. The zero-order valence-corrected chi connectivity index (χ0v) is 21.4. The van der Waals surface area contributed by atoms with E-state index in [1.54, 1.807) is 7.11 Å². The molecule has 0 aromatic heterocycles. The van der Waals surface area contributed by atoms with E-state index in [1.807, 2.05) is 26.0 Å². The minimum atomic E-state index is -2.82. The number of rotatable bonds is 7. The van der Waals surface area contributed by atoms with Gasteiger partial charge in [0, 0.05) is 7.11 Å². The molecule has 2 saturated heterocycles. The van der Waals surface area contributed by atoms with E-state index >= 15 is 0 Å². The average molecular weight is 473 g/mol. The molecule has 2 aliphatic rings. The van der Waals surface area contributed by atoms with Gasteiger partial charge in [-0.2, -0.15) is 0 Å². The van der Waals surface area contributed by atoms with Gasteiger partial charge in [-0.3, -0.25) is 0 Å². The lowest BCUT2D eigenvalue weighted by molar-refractivity contribution is -0.261. The zero-order chi connectivity index (χ0) is 23.9. The maximum atomic E-state index is 10.6. The average Bonchev–Trinajstić information content (AvgIpc) is 3.26. The molecule has 2 aliphatic heterocycles. The number of hydrogen-bond acceptors (Lipinski definition) is 6. The van der Waals surface area contributed by atoms with Crippen LogP contribution in [0.4, 0.5) is 0 Å². The summed E-state index contributed by atoms with van der Waals surface area (Å²) >= 11 is 0. The Morgan fingerprint density at radius 1 is 0.909 bits per heavy atom. The van der Waals surface area contributed by atoms with E-state index in [0.29, 0.717) is 0 Å². The highest BCUT2D eigenvalue weighted by molar-refractivity contribution is 6.99. The largest absolute Gasteiger partial charge is 0.404 e. The molecule has 1 unspecified atom stereocenters. The molecule has 2 heterocycles. The number of hydrogen-bond donors (Lipinski definition) is 1. The highest BCUT2D eigenvalue weighted by Gasteiger charge is 2.64. The van der Waals surface area contributed by atoms with Crippen LogP contribution in [0, 0.1) is 0 Å². The van der Waals surface area contributed by atoms with E-state index < -0.39 is 38.2 Å². The van der Waals surface area contributed by atoms with Crippen molar-refractivity contribution in [1.82, 2.24) is 0 Å². The van der Waals surface area contributed by atoms with E-state index in [4.69, 9.17) is 23.4 Å². The van der Waals surface area contributed by atoms with Crippen LogP contribution in [0.3, 0.4) is 0 Å². The molecule has 0 spiro atoms. The lowest BCUT2D eigenvalue weighted by Gasteiger charge is -2.45. The second kappa shape index (κ2) is 8.89. The molecule has 1 N–H and O–H groups in total. The summed E-state index contributed by atoms with van der Waals surface area (Å²) in [4.78, 5) is 0. The molecule has 2 aromatic carbocycles. The molecule has 0 saturated carbocycles. The Morgan fingerprint density at radius 2 is 1.45 bits per heavy atom. The van der Waals surface area contributed by atoms with E-state index in [9.17, 15) is 5.11 Å². The maximum absolute atomic E-state index is 10.6. The highest BCUT2D eigenvalue weighted by atomic mass is 28.4. The Bertz CT molecular complexity index is 889. The van der Waals surface area contributed by atoms with Crippen LogP contribution in [0.25, 0.3) is 0 Å². The van der Waals surface area contributed by atoms with Crippen LogP contribution in [0.1, 0.15) is 34.6 Å². The Kier molecular flexibility index (Phi) is 6.61. The molecule has 2 fully saturated rings. The van der Waals surface area contributed by atoms with Gasteiger partial charge in [-0.25, -0.2) is 0 Å². The molecule has 2 aromatic rings. The van der Waals surface area contributed by atoms with Gasteiger partial charge in [0.15, 0.2) is 12.1 Å². The van der Waals surface area contributed by atoms with Crippen molar-refractivity contribution in [2.45, 2.75) is 69.5 Å². The summed E-state index contributed by atoms with van der Waals surface area (Å²) in [5.74, 6) is -0.798. The van der Waals surface area contributed by atoms with Crippen LogP contribution < -0.4 is 10.4 Å². The molecule has 0 amide bonds. The summed E-state index contributed by atoms with van der Waals surface area (Å²) in [6, 6.07) is 20.8. The van der Waals surface area contributed by atoms with Crippen molar-refractivity contribution in [3.05, 3.63) is 60.7 Å². The Hall–Kier alpha value is -1.58. The first kappa shape index (κ1) is 24.5. The lowest BCUT2D eigenvalue weighted by atomic mass is 9.97. The normalized spacial score (nSPS) is 29.2. The van der Waals surface area contributed by atoms with Crippen LogP contribution in [0.5, 0.6) is 0 Å². The van der Waals surface area contributed by atoms with Crippen LogP contribution in [-0.2, 0) is 23.4 Å². The molecule has 6 nitrogen and oxygen atoms in total. The molecule has 4 rings (SSSR count). The molecule has 33 heavy (non-hydrogen) atoms. The molecule has 4 atom stereocenters. The predicted molar refractivity (Wildman–Crippen MR) is 129 cm³/mol. The van der Waals surface area contributed by atoms with Crippen molar-refractivity contribution in [2.75, 3.05) is 20.3 Å². The van der Waals surface area contributed by atoms with Gasteiger partial charge in [0.1, 0.15) is 17.8 Å². The fourth-order valence-corrected chi connectivity index (χ4v) is 9.84. The fourth-order valence-electron chi connectivity index (χ4n) is 5.22. The molecule has 0 radical (unpaired) electrons. The second-order valence-corrected chi connectivity index (χ2v) is 14.7. The first-order valence-corrected chi connectivity index (χ1v) is 13.4. The van der Waals surface area contributed by atoms with Gasteiger partial charge in [-0.05, 0) is 29.3 Å². The zero-order valence-electron chi connectivity index (χ0n) is 20.4. The maximum Gasteiger partial charge on any atom is 0.261 e. The van der Waals surface area contributed by atoms with Gasteiger partial charge in [0.05, 0.1) is 13.2 Å². The molecule has 0 bridgehead atoms. The third kappa shape index (κ3) is 4.21. The summed E-state index contributed by atoms with van der Waals surface area (Å²) < 4.78 is 31.2. The van der Waals surface area contributed by atoms with E-state index in [0.717, 1.165) is 0 Å². The van der Waals surface area contributed by atoms with Crippen molar-refractivity contribution in [1.29, 1.82) is 0 Å². The van der Waals surface area contributed by atoms with E-state index in [1.165, 1.54) is 10.4 Å². The van der Waals surface area contributed by atoms with Crippen molar-refractivity contribution in [3.63, 3.8) is 0 Å². The van der Waals surface area contributed by atoms with Crippen LogP contribution in [-0.4, -0.2) is 63.6 Å². The third-order valence-electron chi connectivity index (χ3n) is 6.72. The van der Waals surface area contributed by atoms with Gasteiger partial charge >= 0.3 is 0 Å². The van der Waals surface area contributed by atoms with Crippen LogP contribution in [0.2, 0.25) is 5.04 Å². The number of methoxy groups -OCH3 is 1. The summed E-state index contributed by atoms with van der Waals surface area (Å²) in [5, 5.41) is 12.7. The highest BCUT2D eigenvalue weighted by Crippen LogP contribution is 2.46. The number of fused-ring (bicyclic) bond motifs is 1. The molecule has 180 valence electrons. The Labute approximate surface area is 197 Å². The fraction of sp³-hybridized carbons (Fsp3) is 0.538. The molecular weight excluding hydrogens is 436 g/mol. The van der Waals surface area contributed by atoms with E-state index in [2.05, 4.69) is 69.3 Å². The number of aliphatic hydroxyl groups excluding tert-OH is 1. The SMILES string of the molecule is CO[C@@H]1O[C@](CO)(CO[Si](c2ccccc2)(c2ccccc2)C(C)(C)C)C2OC(C)(C)O[C@@H]21. The van der Waals surface area contributed by atoms with Gasteiger partial charge in [-0.15, -0.1) is 0 Å². The van der Waals surface area contributed by atoms with Crippen molar-refractivity contribution >= 4 is 18.7 Å². The topological polar surface area (TPSA) is 66.4 Å². The Balaban J connectivity index is 1.77. The van der Waals surface area contributed by atoms with Gasteiger partial charge in [0.25, 0.3) is 8.32 Å². The minimum Gasteiger partial charge on any atom is -0.404 e. The van der Waals surface area contributed by atoms with Crippen LogP contribution >= 0.6 is 0 Å². The minimum absolute atomic E-state index is 0.150. The monoisotopic (exact) mass is 472 g/mol. The number of aliphatic hydroxyl groups is 1. The molecular formula is C26H36O6Si.